The van der Waals surface area contributed by atoms with Crippen LogP contribution in [-0.4, -0.2) is 5.71 Å². The van der Waals surface area contributed by atoms with Gasteiger partial charge in [0.05, 0.1) is 10.7 Å². The molecular formula is C15H10ClN. The summed E-state index contributed by atoms with van der Waals surface area (Å²) in [4.78, 5) is 4.40. The Morgan fingerprint density at radius 2 is 1.65 bits per heavy atom. The minimum atomic E-state index is 0.582. The van der Waals surface area contributed by atoms with Gasteiger partial charge in [0.1, 0.15) is 5.71 Å². The Balaban J connectivity index is 2.45. The van der Waals surface area contributed by atoms with Crippen molar-refractivity contribution in [3.05, 3.63) is 65.2 Å². The maximum Gasteiger partial charge on any atom is 0.120 e. The summed E-state index contributed by atoms with van der Waals surface area (Å²) in [6, 6.07) is 17.0. The Morgan fingerprint density at radius 3 is 2.29 bits per heavy atom. The van der Waals surface area contributed by atoms with Crippen LogP contribution >= 0.6 is 11.6 Å². The van der Waals surface area contributed by atoms with E-state index in [1.54, 1.807) is 6.07 Å². The lowest BCUT2D eigenvalue weighted by Crippen LogP contribution is -1.95. The number of aliphatic imine (C=N–C) groups is 1. The molecule has 0 radical (unpaired) electrons. The van der Waals surface area contributed by atoms with Gasteiger partial charge in [-0.25, -0.2) is 4.99 Å². The molecule has 0 amide bonds. The summed E-state index contributed by atoms with van der Waals surface area (Å²) in [6.07, 6.45) is 5.48. The van der Waals surface area contributed by atoms with Crippen molar-refractivity contribution in [1.29, 1.82) is 0 Å². The van der Waals surface area contributed by atoms with Gasteiger partial charge < -0.3 is 0 Å². The quantitative estimate of drug-likeness (QED) is 0.553. The Morgan fingerprint density at radius 1 is 1.00 bits per heavy atom. The highest BCUT2D eigenvalue weighted by atomic mass is 35.5. The zero-order valence-electron chi connectivity index (χ0n) is 9.10. The molecule has 0 atom stereocenters. The first-order chi connectivity index (χ1) is 8.31. The number of hydrogen-bond donors (Lipinski definition) is 0. The molecule has 0 aliphatic rings. The fraction of sp³-hybridized carbons (Fsp3) is 0. The van der Waals surface area contributed by atoms with Gasteiger partial charge >= 0.3 is 0 Å². The minimum Gasteiger partial charge on any atom is -0.238 e. The summed E-state index contributed by atoms with van der Waals surface area (Å²) in [6.45, 7) is 0. The maximum atomic E-state index is 6.04. The van der Waals surface area contributed by atoms with E-state index in [0.717, 1.165) is 5.56 Å². The van der Waals surface area contributed by atoms with Gasteiger partial charge in [-0.15, -0.1) is 6.42 Å². The standard InChI is InChI=1S/C15H10ClN/c1-2-14(12-8-4-3-5-9-12)17-15-11-7-6-10-13(15)16/h1,3-11H. The molecule has 2 aromatic rings. The summed E-state index contributed by atoms with van der Waals surface area (Å²) in [7, 11) is 0. The molecule has 0 aliphatic carbocycles. The van der Waals surface area contributed by atoms with E-state index in [4.69, 9.17) is 18.0 Å². The van der Waals surface area contributed by atoms with Crippen molar-refractivity contribution in [3.63, 3.8) is 0 Å². The summed E-state index contributed by atoms with van der Waals surface area (Å²) in [5.74, 6) is 2.59. The SMILES string of the molecule is C#CC(=Nc1ccccc1Cl)c1ccccc1. The molecule has 0 saturated carbocycles. The number of rotatable bonds is 2. The molecule has 0 spiro atoms. The molecule has 0 saturated heterocycles. The average molecular weight is 240 g/mol. The van der Waals surface area contributed by atoms with Gasteiger partial charge in [-0.1, -0.05) is 54.1 Å². The van der Waals surface area contributed by atoms with Gasteiger partial charge in [0.15, 0.2) is 0 Å². The molecule has 0 N–H and O–H groups in total. The minimum absolute atomic E-state index is 0.582. The lowest BCUT2D eigenvalue weighted by molar-refractivity contribution is 1.51. The molecule has 1 nitrogen and oxygen atoms in total. The van der Waals surface area contributed by atoms with Crippen LogP contribution in [0, 0.1) is 12.3 Å². The highest BCUT2D eigenvalue weighted by molar-refractivity contribution is 6.33. The Bertz CT molecular complexity index is 579. The Labute approximate surface area is 106 Å². The molecule has 17 heavy (non-hydrogen) atoms. The first-order valence-corrected chi connectivity index (χ1v) is 5.54. The van der Waals surface area contributed by atoms with E-state index < -0.39 is 0 Å². The van der Waals surface area contributed by atoms with Gasteiger partial charge in [-0.3, -0.25) is 0 Å². The largest absolute Gasteiger partial charge is 0.238 e. The summed E-state index contributed by atoms with van der Waals surface area (Å²) < 4.78 is 0. The fourth-order valence-corrected chi connectivity index (χ4v) is 1.62. The van der Waals surface area contributed by atoms with Crippen molar-refractivity contribution < 1.29 is 0 Å². The molecule has 0 aliphatic heterocycles. The van der Waals surface area contributed by atoms with Gasteiger partial charge in [-0.05, 0) is 18.1 Å². The van der Waals surface area contributed by atoms with Gasteiger partial charge in [0.2, 0.25) is 0 Å². The van der Waals surface area contributed by atoms with E-state index >= 15 is 0 Å². The molecule has 0 fully saturated rings. The van der Waals surface area contributed by atoms with E-state index in [1.807, 2.05) is 48.5 Å². The number of benzene rings is 2. The average Bonchev–Trinajstić information content (AvgIpc) is 2.39. The van der Waals surface area contributed by atoms with Crippen molar-refractivity contribution >= 4 is 23.0 Å². The second-order valence-corrected chi connectivity index (χ2v) is 3.83. The van der Waals surface area contributed by atoms with Gasteiger partial charge in [-0.2, -0.15) is 0 Å². The molecule has 0 unspecified atom stereocenters. The number of terminal acetylenes is 1. The number of hydrogen-bond acceptors (Lipinski definition) is 1. The van der Waals surface area contributed by atoms with E-state index in [9.17, 15) is 0 Å². The van der Waals surface area contributed by atoms with Gasteiger partial charge in [0.25, 0.3) is 0 Å². The van der Waals surface area contributed by atoms with Crippen molar-refractivity contribution in [3.8, 4) is 12.3 Å². The highest BCUT2D eigenvalue weighted by Gasteiger charge is 2.01. The highest BCUT2D eigenvalue weighted by Crippen LogP contribution is 2.24. The predicted molar refractivity (Wildman–Crippen MR) is 72.9 cm³/mol. The van der Waals surface area contributed by atoms with Crippen molar-refractivity contribution in [1.82, 2.24) is 0 Å². The van der Waals surface area contributed by atoms with Gasteiger partial charge in [0, 0.05) is 5.56 Å². The Hall–Kier alpha value is -2.04. The third-order valence-electron chi connectivity index (χ3n) is 2.27. The predicted octanol–water partition coefficient (Wildman–Crippen LogP) is 4.09. The molecular weight excluding hydrogens is 230 g/mol. The molecule has 2 aromatic carbocycles. The lowest BCUT2D eigenvalue weighted by Gasteiger charge is -2.01. The van der Waals surface area contributed by atoms with Crippen LogP contribution in [0.5, 0.6) is 0 Å². The third kappa shape index (κ3) is 2.75. The van der Waals surface area contributed by atoms with Crippen molar-refractivity contribution in [2.24, 2.45) is 4.99 Å². The lowest BCUT2D eigenvalue weighted by atomic mass is 10.1. The second kappa shape index (κ2) is 5.34. The van der Waals surface area contributed by atoms with Crippen LogP contribution in [0.2, 0.25) is 5.02 Å². The van der Waals surface area contributed by atoms with Crippen LogP contribution in [0.1, 0.15) is 5.56 Å². The molecule has 0 heterocycles. The first-order valence-electron chi connectivity index (χ1n) is 5.16. The number of halogens is 1. The fourth-order valence-electron chi connectivity index (χ4n) is 1.44. The summed E-state index contributed by atoms with van der Waals surface area (Å²) >= 11 is 6.04. The van der Waals surface area contributed by atoms with Crippen LogP contribution in [0.15, 0.2) is 59.6 Å². The van der Waals surface area contributed by atoms with E-state index in [-0.39, 0.29) is 0 Å². The molecule has 0 bridgehead atoms. The molecule has 2 heteroatoms. The Kier molecular flexibility index (Phi) is 3.59. The van der Waals surface area contributed by atoms with Crippen molar-refractivity contribution in [2.45, 2.75) is 0 Å². The maximum absolute atomic E-state index is 6.04. The molecule has 0 aromatic heterocycles. The number of nitrogens with zero attached hydrogens (tertiary/aromatic N) is 1. The first kappa shape index (κ1) is 11.4. The number of para-hydroxylation sites is 1. The molecule has 2 rings (SSSR count). The summed E-state index contributed by atoms with van der Waals surface area (Å²) in [5.41, 5.74) is 2.18. The second-order valence-electron chi connectivity index (χ2n) is 3.42. The van der Waals surface area contributed by atoms with Crippen LogP contribution in [-0.2, 0) is 0 Å². The van der Waals surface area contributed by atoms with Crippen LogP contribution in [0.4, 0.5) is 5.69 Å². The molecule has 82 valence electrons. The zero-order chi connectivity index (χ0) is 12.1. The topological polar surface area (TPSA) is 12.4 Å². The monoisotopic (exact) mass is 239 g/mol. The third-order valence-corrected chi connectivity index (χ3v) is 2.59. The smallest absolute Gasteiger partial charge is 0.120 e. The van der Waals surface area contributed by atoms with Crippen molar-refractivity contribution in [2.75, 3.05) is 0 Å². The van der Waals surface area contributed by atoms with E-state index in [2.05, 4.69) is 10.9 Å². The van der Waals surface area contributed by atoms with Crippen LogP contribution < -0.4 is 0 Å². The zero-order valence-corrected chi connectivity index (χ0v) is 9.85. The van der Waals surface area contributed by atoms with E-state index in [0.29, 0.717) is 16.4 Å². The normalized spacial score (nSPS) is 10.9. The van der Waals surface area contributed by atoms with Crippen LogP contribution in [0.3, 0.4) is 0 Å². The van der Waals surface area contributed by atoms with E-state index in [1.165, 1.54) is 0 Å². The van der Waals surface area contributed by atoms with Crippen LogP contribution in [0.25, 0.3) is 0 Å². The summed E-state index contributed by atoms with van der Waals surface area (Å²) in [5, 5.41) is 0.594.